The van der Waals surface area contributed by atoms with Crippen molar-refractivity contribution in [1.82, 2.24) is 9.80 Å². The largest absolute Gasteiger partial charge is 0.493 e. The molecule has 0 atom stereocenters. The van der Waals surface area contributed by atoms with E-state index in [1.165, 1.54) is 0 Å². The lowest BCUT2D eigenvalue weighted by atomic mass is 10.1. The predicted octanol–water partition coefficient (Wildman–Crippen LogP) is 3.45. The molecule has 2 aromatic carbocycles. The molecule has 0 aliphatic carbocycles. The summed E-state index contributed by atoms with van der Waals surface area (Å²) in [7, 11) is 1.58. The van der Waals surface area contributed by atoms with Gasteiger partial charge >= 0.3 is 0 Å². The van der Waals surface area contributed by atoms with Gasteiger partial charge in [0.15, 0.2) is 18.1 Å². The lowest BCUT2D eigenvalue weighted by molar-refractivity contribution is -0.135. The Hall–Kier alpha value is -3.32. The van der Waals surface area contributed by atoms with Crippen LogP contribution in [-0.4, -0.2) is 68.1 Å². The molecule has 7 nitrogen and oxygen atoms in total. The second-order valence-corrected chi connectivity index (χ2v) is 7.91. The average Bonchev–Trinajstić information content (AvgIpc) is 2.83. The molecule has 33 heavy (non-hydrogen) atoms. The summed E-state index contributed by atoms with van der Waals surface area (Å²) in [6.07, 6.45) is 4.79. The monoisotopic (exact) mass is 451 g/mol. The molecule has 1 fully saturated rings. The molecule has 1 heterocycles. The van der Waals surface area contributed by atoms with Crippen molar-refractivity contribution in [2.45, 2.75) is 20.3 Å². The van der Waals surface area contributed by atoms with Crippen LogP contribution < -0.4 is 14.8 Å². The van der Waals surface area contributed by atoms with Crippen molar-refractivity contribution in [2.75, 3.05) is 51.8 Å². The molecule has 1 aliphatic heterocycles. The van der Waals surface area contributed by atoms with E-state index in [1.54, 1.807) is 12.0 Å². The minimum Gasteiger partial charge on any atom is -0.493 e. The van der Waals surface area contributed by atoms with Crippen LogP contribution in [-0.2, 0) is 16.0 Å². The number of carbonyl (C=O) groups is 2. The van der Waals surface area contributed by atoms with E-state index in [-0.39, 0.29) is 18.4 Å². The highest BCUT2D eigenvalue weighted by Crippen LogP contribution is 2.28. The molecule has 2 aromatic rings. The maximum atomic E-state index is 12.6. The molecule has 1 saturated heterocycles. The lowest BCUT2D eigenvalue weighted by Crippen LogP contribution is -2.51. The van der Waals surface area contributed by atoms with Gasteiger partial charge in [0.05, 0.1) is 13.7 Å². The Balaban J connectivity index is 1.45. The standard InChI is InChI=1S/C26H33N3O4/c1-4-8-20-11-12-23(24(17-20)32-3)33-19-26(31)29-15-13-28(14-16-29)18-25(30)27-22-10-7-6-9-21(22)5-2/h4,6-12,17H,5,13-16,18-19H2,1-3H3,(H,27,30)/b8-4+. The van der Waals surface area contributed by atoms with Crippen LogP contribution in [0.5, 0.6) is 11.5 Å². The Bertz CT molecular complexity index is 981. The summed E-state index contributed by atoms with van der Waals surface area (Å²) in [4.78, 5) is 29.0. The van der Waals surface area contributed by atoms with E-state index in [0.717, 1.165) is 23.2 Å². The number of aryl methyl sites for hydroxylation is 1. The summed E-state index contributed by atoms with van der Waals surface area (Å²) < 4.78 is 11.1. The van der Waals surface area contributed by atoms with E-state index in [2.05, 4.69) is 17.1 Å². The third-order valence-electron chi connectivity index (χ3n) is 5.66. The second-order valence-electron chi connectivity index (χ2n) is 7.91. The Morgan fingerprint density at radius 2 is 1.82 bits per heavy atom. The molecule has 0 radical (unpaired) electrons. The molecule has 2 amide bonds. The average molecular weight is 452 g/mol. The normalized spacial score (nSPS) is 14.3. The van der Waals surface area contributed by atoms with Crippen molar-refractivity contribution >= 4 is 23.6 Å². The molecule has 1 N–H and O–H groups in total. The van der Waals surface area contributed by atoms with Gasteiger partial charge in [-0.3, -0.25) is 14.5 Å². The Labute approximate surface area is 196 Å². The Kier molecular flexibility index (Phi) is 8.89. The number of hydrogen-bond acceptors (Lipinski definition) is 5. The number of rotatable bonds is 9. The van der Waals surface area contributed by atoms with Crippen LogP contribution in [0.25, 0.3) is 6.08 Å². The molecular formula is C26H33N3O4. The summed E-state index contributed by atoms with van der Waals surface area (Å²) in [5.41, 5.74) is 2.99. The summed E-state index contributed by atoms with van der Waals surface area (Å²) >= 11 is 0. The van der Waals surface area contributed by atoms with Crippen molar-refractivity contribution < 1.29 is 19.1 Å². The fourth-order valence-corrected chi connectivity index (χ4v) is 3.83. The topological polar surface area (TPSA) is 71.1 Å². The number of nitrogens with zero attached hydrogens (tertiary/aromatic N) is 2. The Morgan fingerprint density at radius 3 is 2.52 bits per heavy atom. The summed E-state index contributed by atoms with van der Waals surface area (Å²) in [5.74, 6) is 1.03. The van der Waals surface area contributed by atoms with Crippen molar-refractivity contribution in [2.24, 2.45) is 0 Å². The van der Waals surface area contributed by atoms with Crippen LogP contribution in [0.4, 0.5) is 5.69 Å². The van der Waals surface area contributed by atoms with E-state index in [0.29, 0.717) is 44.2 Å². The fraction of sp³-hybridized carbons (Fsp3) is 0.385. The third kappa shape index (κ3) is 6.83. The summed E-state index contributed by atoms with van der Waals surface area (Å²) in [6, 6.07) is 13.5. The maximum Gasteiger partial charge on any atom is 0.260 e. The van der Waals surface area contributed by atoms with Crippen LogP contribution in [0.1, 0.15) is 25.0 Å². The zero-order valence-corrected chi connectivity index (χ0v) is 19.7. The molecule has 0 aromatic heterocycles. The zero-order valence-electron chi connectivity index (χ0n) is 19.7. The van der Waals surface area contributed by atoms with Crippen molar-refractivity contribution in [3.05, 3.63) is 59.7 Å². The van der Waals surface area contributed by atoms with Crippen LogP contribution in [0.15, 0.2) is 48.5 Å². The number of benzene rings is 2. The molecule has 7 heteroatoms. The molecule has 0 bridgehead atoms. The first-order valence-electron chi connectivity index (χ1n) is 11.4. The van der Waals surface area contributed by atoms with E-state index in [4.69, 9.17) is 9.47 Å². The highest BCUT2D eigenvalue weighted by molar-refractivity contribution is 5.93. The van der Waals surface area contributed by atoms with Crippen molar-refractivity contribution in [3.63, 3.8) is 0 Å². The number of piperazine rings is 1. The predicted molar refractivity (Wildman–Crippen MR) is 131 cm³/mol. The van der Waals surface area contributed by atoms with Gasteiger partial charge in [-0.2, -0.15) is 0 Å². The van der Waals surface area contributed by atoms with Gasteiger partial charge in [-0.25, -0.2) is 0 Å². The van der Waals surface area contributed by atoms with Crippen LogP contribution in [0.3, 0.4) is 0 Å². The number of allylic oxidation sites excluding steroid dienone is 1. The van der Waals surface area contributed by atoms with Crippen molar-refractivity contribution in [1.29, 1.82) is 0 Å². The molecule has 0 unspecified atom stereocenters. The van der Waals surface area contributed by atoms with Gasteiger partial charge in [-0.1, -0.05) is 43.3 Å². The number of para-hydroxylation sites is 1. The number of methoxy groups -OCH3 is 1. The van der Waals surface area contributed by atoms with E-state index < -0.39 is 0 Å². The highest BCUT2D eigenvalue weighted by atomic mass is 16.5. The molecule has 0 spiro atoms. The molecule has 0 saturated carbocycles. The van der Waals surface area contributed by atoms with Gasteiger partial charge in [0.25, 0.3) is 5.91 Å². The van der Waals surface area contributed by atoms with E-state index >= 15 is 0 Å². The quantitative estimate of drug-likeness (QED) is 0.632. The second kappa shape index (κ2) is 12.1. The van der Waals surface area contributed by atoms with Gasteiger partial charge in [0.2, 0.25) is 5.91 Å². The summed E-state index contributed by atoms with van der Waals surface area (Å²) in [5, 5.41) is 3.01. The van der Waals surface area contributed by atoms with Gasteiger partial charge < -0.3 is 19.7 Å². The van der Waals surface area contributed by atoms with Crippen LogP contribution in [0.2, 0.25) is 0 Å². The summed E-state index contributed by atoms with van der Waals surface area (Å²) in [6.45, 7) is 6.72. The number of carbonyl (C=O) groups excluding carboxylic acids is 2. The Morgan fingerprint density at radius 1 is 1.06 bits per heavy atom. The minimum absolute atomic E-state index is 0.0348. The molecular weight excluding hydrogens is 418 g/mol. The number of ether oxygens (including phenoxy) is 2. The number of nitrogens with one attached hydrogen (secondary N) is 1. The van der Waals surface area contributed by atoms with Gasteiger partial charge in [-0.05, 0) is 42.7 Å². The van der Waals surface area contributed by atoms with Gasteiger partial charge in [0, 0.05) is 31.9 Å². The first-order valence-corrected chi connectivity index (χ1v) is 11.4. The fourth-order valence-electron chi connectivity index (χ4n) is 3.83. The molecule has 176 valence electrons. The zero-order chi connectivity index (χ0) is 23.6. The third-order valence-corrected chi connectivity index (χ3v) is 5.66. The SMILES string of the molecule is C/C=C/c1ccc(OCC(=O)N2CCN(CC(=O)Nc3ccccc3CC)CC2)c(OC)c1. The van der Waals surface area contributed by atoms with Crippen LogP contribution in [0, 0.1) is 0 Å². The van der Waals surface area contributed by atoms with E-state index in [9.17, 15) is 9.59 Å². The van der Waals surface area contributed by atoms with Crippen LogP contribution >= 0.6 is 0 Å². The molecule has 1 aliphatic rings. The first kappa shape index (κ1) is 24.3. The number of amides is 2. The highest BCUT2D eigenvalue weighted by Gasteiger charge is 2.23. The minimum atomic E-state index is -0.0736. The van der Waals surface area contributed by atoms with Gasteiger partial charge in [0.1, 0.15) is 0 Å². The van der Waals surface area contributed by atoms with E-state index in [1.807, 2.05) is 61.5 Å². The van der Waals surface area contributed by atoms with Gasteiger partial charge in [-0.15, -0.1) is 0 Å². The number of anilines is 1. The molecule has 3 rings (SSSR count). The number of hydrogen-bond donors (Lipinski definition) is 1. The maximum absolute atomic E-state index is 12.6. The smallest absolute Gasteiger partial charge is 0.260 e. The lowest BCUT2D eigenvalue weighted by Gasteiger charge is -2.34. The van der Waals surface area contributed by atoms with Crippen molar-refractivity contribution in [3.8, 4) is 11.5 Å². The first-order chi connectivity index (χ1) is 16.0.